The van der Waals surface area contributed by atoms with Crippen LogP contribution in [0.25, 0.3) is 22.3 Å². The number of rotatable bonds is 18. The van der Waals surface area contributed by atoms with E-state index in [2.05, 4.69) is 68.9 Å². The van der Waals surface area contributed by atoms with E-state index in [-0.39, 0.29) is 63.3 Å². The number of carbonyl (C=O) groups is 3. The largest absolute Gasteiger partial charge is 0.508 e. The molecule has 486 valence electrons. The third-order valence-electron chi connectivity index (χ3n) is 20.9. The number of methoxy groups -OCH3 is 3. The number of fused-ring (bicyclic) bond motifs is 3. The van der Waals surface area contributed by atoms with Crippen LogP contribution in [-0.2, 0) is 67.8 Å². The molecule has 3 N–H and O–H groups in total. The smallest absolute Gasteiger partial charge is 0.306 e. The van der Waals surface area contributed by atoms with Gasteiger partial charge in [-0.25, -0.2) is 18.7 Å². The molecule has 5 aromatic carbocycles. The third-order valence-corrected chi connectivity index (χ3v) is 20.9. The van der Waals surface area contributed by atoms with Crippen LogP contribution in [-0.4, -0.2) is 64.5 Å². The molecule has 15 heteroatoms. The fraction of sp³-hybridized carbons (Fsp3) is 0.442. The number of esters is 1. The maximum absolute atomic E-state index is 15.0. The molecule has 12 rings (SSSR count). The van der Waals surface area contributed by atoms with E-state index in [1.165, 1.54) is 50.4 Å². The highest BCUT2D eigenvalue weighted by Gasteiger charge is 2.41. The zero-order valence-electron chi connectivity index (χ0n) is 54.9. The molecule has 2 fully saturated rings. The normalized spacial score (nSPS) is 22.0. The molecule has 2 aromatic heterocycles. The summed E-state index contributed by atoms with van der Waals surface area (Å²) in [5.41, 5.74) is 13.1. The summed E-state index contributed by atoms with van der Waals surface area (Å²) in [4.78, 5) is 42.4. The van der Waals surface area contributed by atoms with E-state index in [1.807, 2.05) is 68.4 Å². The first-order valence-corrected chi connectivity index (χ1v) is 32.2. The van der Waals surface area contributed by atoms with E-state index < -0.39 is 11.9 Å². The van der Waals surface area contributed by atoms with Gasteiger partial charge in [0.15, 0.2) is 0 Å². The fourth-order valence-electron chi connectivity index (χ4n) is 15.5. The van der Waals surface area contributed by atoms with Gasteiger partial charge >= 0.3 is 17.9 Å². The molecule has 5 aliphatic carbocycles. The number of hydrogen-bond donors (Lipinski definition) is 3. The Hall–Kier alpha value is -8.33. The van der Waals surface area contributed by atoms with Crippen molar-refractivity contribution >= 4 is 17.9 Å². The van der Waals surface area contributed by atoms with E-state index in [0.29, 0.717) is 54.4 Å². The van der Waals surface area contributed by atoms with Crippen molar-refractivity contribution in [1.82, 2.24) is 9.97 Å². The van der Waals surface area contributed by atoms with Gasteiger partial charge < -0.3 is 39.0 Å². The Morgan fingerprint density at radius 3 is 1.28 bits per heavy atom. The minimum Gasteiger partial charge on any atom is -0.508 e. The Balaban J connectivity index is 0.000000163. The number of phenols is 1. The Kier molecular flexibility index (Phi) is 19.6. The Morgan fingerprint density at radius 2 is 0.902 bits per heavy atom. The number of halogens is 2. The Labute approximate surface area is 539 Å². The number of benzene rings is 5. The predicted octanol–water partition coefficient (Wildman–Crippen LogP) is 17.1. The number of ether oxygens (including phenoxy) is 5. The highest BCUT2D eigenvalue weighted by molar-refractivity contribution is 5.74. The molecule has 0 aliphatic heterocycles. The van der Waals surface area contributed by atoms with Gasteiger partial charge in [-0.2, -0.15) is 0 Å². The molecule has 13 nitrogen and oxygen atoms in total. The van der Waals surface area contributed by atoms with Gasteiger partial charge in [0.2, 0.25) is 11.8 Å². The molecule has 0 bridgehead atoms. The van der Waals surface area contributed by atoms with Crippen LogP contribution >= 0.6 is 0 Å². The second kappa shape index (κ2) is 27.1. The summed E-state index contributed by atoms with van der Waals surface area (Å²) in [7, 11) is 4.48. The summed E-state index contributed by atoms with van der Waals surface area (Å²) in [5.74, 6) is 0.612. The van der Waals surface area contributed by atoms with Gasteiger partial charge in [0, 0.05) is 39.5 Å². The van der Waals surface area contributed by atoms with Crippen LogP contribution in [0.2, 0.25) is 0 Å². The lowest BCUT2D eigenvalue weighted by Gasteiger charge is -2.30. The fourth-order valence-corrected chi connectivity index (χ4v) is 15.5. The van der Waals surface area contributed by atoms with Gasteiger partial charge in [-0.1, -0.05) is 116 Å². The number of nitrogens with zero attached hydrogens (tertiary/aromatic N) is 2. The number of carbonyl (C=O) groups excluding carboxylic acids is 1. The number of hydrogen-bond acceptors (Lipinski definition) is 11. The number of aromatic hydroxyl groups is 1. The summed E-state index contributed by atoms with van der Waals surface area (Å²) in [6.45, 7) is 16.0. The standard InChI is InChI=1S/2C32H36FNO4.C13H16O3/c2*1-31(2)12-5-6-26(31)24-14-20(7-10-23(24)25-16-29(37-4)34-18-28(25)33)19-38-22-9-8-21-11-13-32(3,17-30(35)36)27(21)15-22;1-13(8-12(15)16-2)6-5-9-3-4-10(14)7-11(9)13/h2*7-10,14-16,18,26H,5-6,11-13,17,19H2,1-4H3,(H,35,36);3-4,7,14H,5-6,8H2,1-2H3/t26-,32+;26-,32-;13-/m011/s1. The van der Waals surface area contributed by atoms with Crippen molar-refractivity contribution in [2.45, 2.75) is 186 Å². The number of aliphatic carboxylic acids is 2. The first-order valence-electron chi connectivity index (χ1n) is 32.2. The molecule has 0 spiro atoms. The van der Waals surface area contributed by atoms with E-state index in [4.69, 9.17) is 23.7 Å². The van der Waals surface area contributed by atoms with Crippen molar-refractivity contribution in [1.29, 1.82) is 0 Å². The SMILES string of the molecule is COC(=O)C[C@@]1(C)CCc2ccc(O)cc21.COc1cc(-c2ccc(COc3ccc4c(c3)[C@@](C)(CC(=O)O)CC4)cc2[C@@H]2CCCC2(C)C)c(F)cn1.COc1cc(-c2ccc(COc3ccc4c(c3)[C@@](C)(CC(=O)O)CC4)cc2[C@H]2CCCC2(C)C)c(F)cn1. The zero-order valence-corrected chi connectivity index (χ0v) is 54.9. The highest BCUT2D eigenvalue weighted by atomic mass is 19.1. The highest BCUT2D eigenvalue weighted by Crippen LogP contribution is 2.54. The second-order valence-electron chi connectivity index (χ2n) is 28.3. The minimum atomic E-state index is -0.780. The molecular formula is C77H88F2N2O11. The quantitative estimate of drug-likeness (QED) is 0.0691. The van der Waals surface area contributed by atoms with Crippen LogP contribution in [0.15, 0.2) is 116 Å². The van der Waals surface area contributed by atoms with Crippen molar-refractivity contribution < 1.29 is 62.2 Å². The Bertz CT molecular complexity index is 3690. The monoisotopic (exact) mass is 1250 g/mol. The summed E-state index contributed by atoms with van der Waals surface area (Å²) < 4.78 is 57.8. The molecule has 0 amide bonds. The molecule has 0 radical (unpaired) electrons. The van der Waals surface area contributed by atoms with Gasteiger partial charge in [0.05, 0.1) is 53.0 Å². The number of aryl methyl sites for hydroxylation is 3. The van der Waals surface area contributed by atoms with Gasteiger partial charge in [0.25, 0.3) is 0 Å². The summed E-state index contributed by atoms with van der Waals surface area (Å²) in [6, 6.07) is 33.2. The van der Waals surface area contributed by atoms with Gasteiger partial charge in [0.1, 0.15) is 42.1 Å². The van der Waals surface area contributed by atoms with E-state index in [1.54, 1.807) is 24.3 Å². The molecule has 0 unspecified atom stereocenters. The molecule has 92 heavy (non-hydrogen) atoms. The number of pyridine rings is 2. The first-order chi connectivity index (χ1) is 43.7. The second-order valence-corrected chi connectivity index (χ2v) is 28.3. The van der Waals surface area contributed by atoms with Crippen LogP contribution in [0.1, 0.15) is 193 Å². The topological polar surface area (TPSA) is 184 Å². The van der Waals surface area contributed by atoms with Crippen molar-refractivity contribution in [3.05, 3.63) is 183 Å². The molecular weight excluding hydrogens is 1170 g/mol. The molecule has 5 aliphatic rings. The van der Waals surface area contributed by atoms with Crippen LogP contribution in [0.4, 0.5) is 8.78 Å². The number of carboxylic acid groups (broad SMARTS) is 2. The molecule has 5 atom stereocenters. The maximum atomic E-state index is 15.0. The summed E-state index contributed by atoms with van der Waals surface area (Å²) >= 11 is 0. The molecule has 2 heterocycles. The number of phenolic OH excluding ortho intramolecular Hbond substituents is 1. The Morgan fingerprint density at radius 1 is 0.500 bits per heavy atom. The first kappa shape index (κ1) is 66.6. The van der Waals surface area contributed by atoms with Crippen molar-refractivity contribution in [2.24, 2.45) is 10.8 Å². The zero-order chi connectivity index (χ0) is 65.9. The van der Waals surface area contributed by atoms with Crippen molar-refractivity contribution in [3.63, 3.8) is 0 Å². The number of aromatic nitrogens is 2. The van der Waals surface area contributed by atoms with E-state index >= 15 is 0 Å². The van der Waals surface area contributed by atoms with Crippen LogP contribution < -0.4 is 18.9 Å². The lowest BCUT2D eigenvalue weighted by atomic mass is 9.75. The average Bonchev–Trinajstić information content (AvgIpc) is 1.07. The average molecular weight is 1260 g/mol. The van der Waals surface area contributed by atoms with Crippen LogP contribution in [0.3, 0.4) is 0 Å². The van der Waals surface area contributed by atoms with E-state index in [9.17, 15) is 38.5 Å². The molecule has 7 aromatic rings. The van der Waals surface area contributed by atoms with Crippen molar-refractivity contribution in [2.75, 3.05) is 21.3 Å². The molecule has 0 saturated heterocycles. The van der Waals surface area contributed by atoms with E-state index in [0.717, 1.165) is 139 Å². The maximum Gasteiger partial charge on any atom is 0.306 e. The molecule has 2 saturated carbocycles. The lowest BCUT2D eigenvalue weighted by Crippen LogP contribution is -2.23. The number of carboxylic acids is 2. The van der Waals surface area contributed by atoms with Crippen molar-refractivity contribution in [3.8, 4) is 51.3 Å². The van der Waals surface area contributed by atoms with Crippen LogP contribution in [0.5, 0.6) is 29.0 Å². The summed E-state index contributed by atoms with van der Waals surface area (Å²) in [5, 5.41) is 28.4. The predicted molar refractivity (Wildman–Crippen MR) is 351 cm³/mol. The van der Waals surface area contributed by atoms with Gasteiger partial charge in [-0.05, 0) is 190 Å². The van der Waals surface area contributed by atoms with Gasteiger partial charge in [-0.3, -0.25) is 14.4 Å². The third kappa shape index (κ3) is 14.5. The minimum absolute atomic E-state index is 0.108. The van der Waals surface area contributed by atoms with Gasteiger partial charge in [-0.15, -0.1) is 0 Å². The lowest BCUT2D eigenvalue weighted by molar-refractivity contribution is -0.142. The van der Waals surface area contributed by atoms with Crippen LogP contribution in [0, 0.1) is 22.5 Å². The summed E-state index contributed by atoms with van der Waals surface area (Å²) in [6.07, 6.45) is 15.0.